The quantitative estimate of drug-likeness (QED) is 0.617. The number of aromatic nitrogens is 1. The SMILES string of the molecule is CCC(=O)Nc1cccc(-c2cc(C#N)c(N3CCN(C(=O)C4CC4)[C@H](C4CC4)C3)nc2C2CC2)c1. The van der Waals surface area contributed by atoms with Crippen LogP contribution in [-0.2, 0) is 9.59 Å². The molecule has 4 aliphatic rings. The molecule has 36 heavy (non-hydrogen) atoms. The predicted octanol–water partition coefficient (Wildman–Crippen LogP) is 4.68. The summed E-state index contributed by atoms with van der Waals surface area (Å²) in [5.41, 5.74) is 4.33. The maximum atomic E-state index is 12.9. The lowest BCUT2D eigenvalue weighted by Crippen LogP contribution is -2.57. The molecule has 186 valence electrons. The molecule has 1 aromatic carbocycles. The highest BCUT2D eigenvalue weighted by Gasteiger charge is 2.45. The minimum Gasteiger partial charge on any atom is -0.352 e. The Hall–Kier alpha value is -3.40. The van der Waals surface area contributed by atoms with Gasteiger partial charge in [0.15, 0.2) is 0 Å². The van der Waals surface area contributed by atoms with Crippen molar-refractivity contribution in [1.82, 2.24) is 9.88 Å². The number of nitrogens with one attached hydrogen (secondary N) is 1. The molecule has 0 bridgehead atoms. The minimum atomic E-state index is -0.0229. The summed E-state index contributed by atoms with van der Waals surface area (Å²) >= 11 is 0. The molecule has 0 unspecified atom stereocenters. The number of nitrogens with zero attached hydrogens (tertiary/aromatic N) is 4. The third-order valence-corrected chi connectivity index (χ3v) is 7.99. The number of carbonyl (C=O) groups is 2. The van der Waals surface area contributed by atoms with Gasteiger partial charge in [0.2, 0.25) is 11.8 Å². The van der Waals surface area contributed by atoms with Crippen LogP contribution in [0.3, 0.4) is 0 Å². The molecule has 7 heteroatoms. The molecule has 2 heterocycles. The molecule has 6 rings (SSSR count). The first-order valence-electron chi connectivity index (χ1n) is 13.5. The van der Waals surface area contributed by atoms with Crippen molar-refractivity contribution in [1.29, 1.82) is 5.26 Å². The van der Waals surface area contributed by atoms with E-state index in [1.165, 1.54) is 12.8 Å². The second-order valence-corrected chi connectivity index (χ2v) is 10.8. The second kappa shape index (κ2) is 9.24. The Bertz CT molecular complexity index is 1240. The molecule has 1 aliphatic heterocycles. The van der Waals surface area contributed by atoms with E-state index in [1.807, 2.05) is 37.3 Å². The number of piperazine rings is 1. The van der Waals surface area contributed by atoms with Crippen LogP contribution in [-0.4, -0.2) is 47.4 Å². The summed E-state index contributed by atoms with van der Waals surface area (Å²) in [5, 5.41) is 13.1. The van der Waals surface area contributed by atoms with Crippen molar-refractivity contribution in [3.8, 4) is 17.2 Å². The van der Waals surface area contributed by atoms with Gasteiger partial charge in [0.05, 0.1) is 17.3 Å². The van der Waals surface area contributed by atoms with Crippen LogP contribution in [0.2, 0.25) is 0 Å². The third-order valence-electron chi connectivity index (χ3n) is 7.99. The van der Waals surface area contributed by atoms with Crippen molar-refractivity contribution in [2.24, 2.45) is 11.8 Å². The Morgan fingerprint density at radius 3 is 2.58 bits per heavy atom. The number of amides is 2. The fourth-order valence-corrected chi connectivity index (χ4v) is 5.48. The van der Waals surface area contributed by atoms with E-state index >= 15 is 0 Å². The van der Waals surface area contributed by atoms with Crippen LogP contribution in [0.25, 0.3) is 11.1 Å². The number of anilines is 2. The van der Waals surface area contributed by atoms with Gasteiger partial charge in [-0.25, -0.2) is 4.98 Å². The lowest BCUT2D eigenvalue weighted by molar-refractivity contribution is -0.135. The molecular weight excluding hydrogens is 450 g/mol. The van der Waals surface area contributed by atoms with Crippen LogP contribution in [0.5, 0.6) is 0 Å². The molecule has 0 spiro atoms. The first-order valence-corrected chi connectivity index (χ1v) is 13.5. The molecule has 4 fully saturated rings. The molecule has 3 saturated carbocycles. The normalized spacial score (nSPS) is 21.7. The number of nitriles is 1. The fraction of sp³-hybridized carbons (Fsp3) is 0.517. The first-order chi connectivity index (χ1) is 17.6. The Morgan fingerprint density at radius 2 is 1.92 bits per heavy atom. The molecule has 2 amide bonds. The highest BCUT2D eigenvalue weighted by atomic mass is 16.2. The zero-order chi connectivity index (χ0) is 24.8. The van der Waals surface area contributed by atoms with Crippen LogP contribution in [0.15, 0.2) is 30.3 Å². The lowest BCUT2D eigenvalue weighted by atomic mass is 9.98. The zero-order valence-electron chi connectivity index (χ0n) is 20.9. The first kappa shape index (κ1) is 23.0. The highest BCUT2D eigenvalue weighted by Crippen LogP contribution is 2.46. The number of rotatable bonds is 7. The smallest absolute Gasteiger partial charge is 0.226 e. The van der Waals surface area contributed by atoms with E-state index in [9.17, 15) is 14.9 Å². The van der Waals surface area contributed by atoms with E-state index in [0.717, 1.165) is 60.6 Å². The van der Waals surface area contributed by atoms with Gasteiger partial charge < -0.3 is 15.1 Å². The summed E-state index contributed by atoms with van der Waals surface area (Å²) in [4.78, 5) is 34.4. The summed E-state index contributed by atoms with van der Waals surface area (Å²) in [7, 11) is 0. The minimum absolute atomic E-state index is 0.0229. The maximum absolute atomic E-state index is 12.9. The number of carbonyl (C=O) groups excluding carboxylic acids is 2. The van der Waals surface area contributed by atoms with Gasteiger partial charge in [0, 0.05) is 49.1 Å². The number of benzene rings is 1. The largest absolute Gasteiger partial charge is 0.352 e. The molecular formula is C29H33N5O2. The molecule has 7 nitrogen and oxygen atoms in total. The van der Waals surface area contributed by atoms with Gasteiger partial charge in [-0.3, -0.25) is 9.59 Å². The Labute approximate surface area is 212 Å². The van der Waals surface area contributed by atoms with Gasteiger partial charge >= 0.3 is 0 Å². The summed E-state index contributed by atoms with van der Waals surface area (Å²) in [6.45, 7) is 4.02. The van der Waals surface area contributed by atoms with Crippen LogP contribution >= 0.6 is 0 Å². The number of hydrogen-bond donors (Lipinski definition) is 1. The molecule has 3 aliphatic carbocycles. The van der Waals surface area contributed by atoms with Crippen LogP contribution in [0, 0.1) is 23.2 Å². The van der Waals surface area contributed by atoms with Crippen LogP contribution in [0.1, 0.15) is 69.0 Å². The monoisotopic (exact) mass is 483 g/mol. The summed E-state index contributed by atoms with van der Waals surface area (Å²) in [6.07, 6.45) is 7.06. The molecule has 1 aromatic heterocycles. The Kier molecular flexibility index (Phi) is 5.91. The average molecular weight is 484 g/mol. The van der Waals surface area contributed by atoms with E-state index in [-0.39, 0.29) is 17.9 Å². The molecule has 1 saturated heterocycles. The van der Waals surface area contributed by atoms with Crippen molar-refractivity contribution in [3.05, 3.63) is 41.6 Å². The van der Waals surface area contributed by atoms with E-state index in [2.05, 4.69) is 21.2 Å². The summed E-state index contributed by atoms with van der Waals surface area (Å²) in [5.74, 6) is 2.29. The van der Waals surface area contributed by atoms with E-state index < -0.39 is 0 Å². The highest BCUT2D eigenvalue weighted by molar-refractivity contribution is 5.91. The maximum Gasteiger partial charge on any atom is 0.226 e. The molecule has 0 radical (unpaired) electrons. The van der Waals surface area contributed by atoms with Gasteiger partial charge in [0.1, 0.15) is 11.9 Å². The number of hydrogen-bond acceptors (Lipinski definition) is 5. The number of pyridine rings is 1. The van der Waals surface area contributed by atoms with Crippen LogP contribution in [0.4, 0.5) is 11.5 Å². The van der Waals surface area contributed by atoms with Crippen LogP contribution < -0.4 is 10.2 Å². The van der Waals surface area contributed by atoms with Gasteiger partial charge in [-0.2, -0.15) is 5.26 Å². The molecule has 2 aromatic rings. The van der Waals surface area contributed by atoms with Crippen molar-refractivity contribution in [2.75, 3.05) is 29.9 Å². The van der Waals surface area contributed by atoms with Gasteiger partial charge in [-0.05, 0) is 68.2 Å². The standard InChI is InChI=1S/C29H33N5O2/c1-2-26(35)31-23-5-3-4-21(14-23)24-15-22(16-30)28(32-27(24)19-8-9-19)33-12-13-34(29(36)20-10-11-20)25(17-33)18-6-7-18/h3-5,14-15,18-20,25H,2,6-13,17H2,1H3,(H,31,35)/t25-/m0/s1. The third kappa shape index (κ3) is 4.57. The van der Waals surface area contributed by atoms with E-state index in [0.29, 0.717) is 42.8 Å². The van der Waals surface area contributed by atoms with Gasteiger partial charge in [0.25, 0.3) is 0 Å². The lowest BCUT2D eigenvalue weighted by Gasteiger charge is -2.43. The summed E-state index contributed by atoms with van der Waals surface area (Å²) in [6, 6.07) is 12.5. The fourth-order valence-electron chi connectivity index (χ4n) is 5.48. The van der Waals surface area contributed by atoms with Crippen molar-refractivity contribution in [3.63, 3.8) is 0 Å². The average Bonchev–Trinajstić information content (AvgIpc) is 3.75. The van der Waals surface area contributed by atoms with Crippen molar-refractivity contribution in [2.45, 2.75) is 63.8 Å². The van der Waals surface area contributed by atoms with E-state index in [1.54, 1.807) is 0 Å². The topological polar surface area (TPSA) is 89.3 Å². The van der Waals surface area contributed by atoms with Crippen molar-refractivity contribution >= 4 is 23.3 Å². The van der Waals surface area contributed by atoms with Crippen molar-refractivity contribution < 1.29 is 9.59 Å². The Balaban J connectivity index is 1.32. The van der Waals surface area contributed by atoms with Gasteiger partial charge in [-0.15, -0.1) is 0 Å². The zero-order valence-corrected chi connectivity index (χ0v) is 20.9. The molecule has 1 atom stereocenters. The van der Waals surface area contributed by atoms with Gasteiger partial charge in [-0.1, -0.05) is 19.1 Å². The molecule has 1 N–H and O–H groups in total. The predicted molar refractivity (Wildman–Crippen MR) is 138 cm³/mol. The van der Waals surface area contributed by atoms with E-state index in [4.69, 9.17) is 4.98 Å². The second-order valence-electron chi connectivity index (χ2n) is 10.8. The summed E-state index contributed by atoms with van der Waals surface area (Å²) < 4.78 is 0. The Morgan fingerprint density at radius 1 is 1.11 bits per heavy atom.